The third-order valence-electron chi connectivity index (χ3n) is 4.33. The Morgan fingerprint density at radius 1 is 1.17 bits per heavy atom. The zero-order chi connectivity index (χ0) is 16.3. The van der Waals surface area contributed by atoms with Gasteiger partial charge in [-0.3, -0.25) is 9.59 Å². The number of rotatable bonds is 6. The normalized spacial score (nSPS) is 16.4. The summed E-state index contributed by atoms with van der Waals surface area (Å²) < 4.78 is 0. The number of hydrogen-bond acceptors (Lipinski definition) is 3. The van der Waals surface area contributed by atoms with Crippen LogP contribution in [0.25, 0.3) is 0 Å². The molecule has 0 saturated heterocycles. The van der Waals surface area contributed by atoms with E-state index in [2.05, 4.69) is 22.8 Å². The Labute approximate surface area is 139 Å². The molecule has 1 aliphatic rings. The van der Waals surface area contributed by atoms with E-state index in [1.165, 1.54) is 16.9 Å². The predicted octanol–water partition coefficient (Wildman–Crippen LogP) is 2.71. The molecular weight excluding hydrogens is 308 g/mol. The fourth-order valence-corrected chi connectivity index (χ4v) is 3.29. The summed E-state index contributed by atoms with van der Waals surface area (Å²) in [6.07, 6.45) is 2.18. The van der Waals surface area contributed by atoms with Crippen molar-refractivity contribution in [3.8, 4) is 0 Å². The van der Waals surface area contributed by atoms with Crippen molar-refractivity contribution in [2.24, 2.45) is 0 Å². The molecule has 1 aromatic carbocycles. The van der Waals surface area contributed by atoms with E-state index >= 15 is 0 Å². The monoisotopic (exact) mass is 328 g/mol. The van der Waals surface area contributed by atoms with Crippen LogP contribution in [0.2, 0.25) is 0 Å². The number of thiophene rings is 1. The molecule has 1 fully saturated rings. The van der Waals surface area contributed by atoms with E-state index in [0.29, 0.717) is 11.4 Å². The van der Waals surface area contributed by atoms with Crippen LogP contribution < -0.4 is 10.6 Å². The van der Waals surface area contributed by atoms with Crippen molar-refractivity contribution in [3.63, 3.8) is 0 Å². The molecule has 2 N–H and O–H groups in total. The summed E-state index contributed by atoms with van der Waals surface area (Å²) in [5.74, 6) is -0.344. The van der Waals surface area contributed by atoms with Crippen molar-refractivity contribution in [3.05, 3.63) is 58.3 Å². The maximum atomic E-state index is 12.2. The van der Waals surface area contributed by atoms with Crippen LogP contribution in [0.1, 0.15) is 35.0 Å². The minimum Gasteiger partial charge on any atom is -0.353 e. The highest BCUT2D eigenvalue weighted by atomic mass is 32.1. The van der Waals surface area contributed by atoms with Crippen LogP contribution in [-0.2, 0) is 10.2 Å². The van der Waals surface area contributed by atoms with Gasteiger partial charge < -0.3 is 10.6 Å². The first-order valence-corrected chi connectivity index (χ1v) is 8.66. The molecule has 0 aliphatic heterocycles. The Morgan fingerprint density at radius 3 is 2.52 bits per heavy atom. The third kappa shape index (κ3) is 3.62. The highest BCUT2D eigenvalue weighted by Gasteiger charge is 2.44. The van der Waals surface area contributed by atoms with Gasteiger partial charge in [-0.25, -0.2) is 0 Å². The molecule has 120 valence electrons. The summed E-state index contributed by atoms with van der Waals surface area (Å²) in [6.45, 7) is 2.33. The molecule has 1 saturated carbocycles. The first-order valence-electron chi connectivity index (χ1n) is 7.78. The van der Waals surface area contributed by atoms with Gasteiger partial charge >= 0.3 is 0 Å². The summed E-state index contributed by atoms with van der Waals surface area (Å²) in [6, 6.07) is 13.3. The van der Waals surface area contributed by atoms with Crippen LogP contribution >= 0.6 is 11.3 Å². The topological polar surface area (TPSA) is 58.2 Å². The van der Waals surface area contributed by atoms with E-state index in [1.807, 2.05) is 29.6 Å². The highest BCUT2D eigenvalue weighted by molar-refractivity contribution is 7.12. The standard InChI is InChI=1S/C18H20N2O2S/c1-13(20-17(22)15-8-5-11-23-15)16(21)19-12-18(9-10-18)14-6-3-2-4-7-14/h2-8,11,13H,9-10,12H2,1H3,(H,19,21)(H,20,22). The average Bonchev–Trinajstić information content (AvgIpc) is 3.16. The van der Waals surface area contributed by atoms with E-state index in [-0.39, 0.29) is 17.2 Å². The van der Waals surface area contributed by atoms with E-state index < -0.39 is 6.04 Å². The fourth-order valence-electron chi connectivity index (χ4n) is 2.66. The van der Waals surface area contributed by atoms with Crippen molar-refractivity contribution in [1.82, 2.24) is 10.6 Å². The Bertz CT molecular complexity index is 678. The molecule has 2 amide bonds. The van der Waals surface area contributed by atoms with Gasteiger partial charge in [-0.1, -0.05) is 36.4 Å². The molecule has 2 aromatic rings. The number of hydrogen-bond donors (Lipinski definition) is 2. The molecule has 0 bridgehead atoms. The van der Waals surface area contributed by atoms with Crippen molar-refractivity contribution >= 4 is 23.2 Å². The maximum Gasteiger partial charge on any atom is 0.261 e. The third-order valence-corrected chi connectivity index (χ3v) is 5.20. The Hall–Kier alpha value is -2.14. The maximum absolute atomic E-state index is 12.2. The van der Waals surface area contributed by atoms with Crippen LogP contribution in [0, 0.1) is 0 Å². The number of nitrogens with one attached hydrogen (secondary N) is 2. The number of carbonyl (C=O) groups is 2. The fraction of sp³-hybridized carbons (Fsp3) is 0.333. The zero-order valence-electron chi connectivity index (χ0n) is 13.0. The van der Waals surface area contributed by atoms with Crippen LogP contribution in [0.5, 0.6) is 0 Å². The highest BCUT2D eigenvalue weighted by Crippen LogP contribution is 2.47. The van der Waals surface area contributed by atoms with E-state index in [0.717, 1.165) is 12.8 Å². The summed E-state index contributed by atoms with van der Waals surface area (Å²) in [5.41, 5.74) is 1.35. The SMILES string of the molecule is CC(NC(=O)c1cccs1)C(=O)NCC1(c2ccccc2)CC1. The van der Waals surface area contributed by atoms with Crippen molar-refractivity contribution < 1.29 is 9.59 Å². The minimum absolute atomic E-state index is 0.0778. The largest absolute Gasteiger partial charge is 0.353 e. The first kappa shape index (κ1) is 15.7. The molecule has 4 nitrogen and oxygen atoms in total. The molecule has 1 aliphatic carbocycles. The Morgan fingerprint density at radius 2 is 1.91 bits per heavy atom. The van der Waals surface area contributed by atoms with Gasteiger partial charge in [0.1, 0.15) is 6.04 Å². The lowest BCUT2D eigenvalue weighted by atomic mass is 9.96. The zero-order valence-corrected chi connectivity index (χ0v) is 13.9. The lowest BCUT2D eigenvalue weighted by Gasteiger charge is -2.19. The molecule has 1 unspecified atom stereocenters. The van der Waals surface area contributed by atoms with Crippen molar-refractivity contribution in [1.29, 1.82) is 0 Å². The molecule has 1 atom stereocenters. The number of benzene rings is 1. The van der Waals surface area contributed by atoms with Gasteiger partial charge in [-0.05, 0) is 36.8 Å². The lowest BCUT2D eigenvalue weighted by Crippen LogP contribution is -2.46. The summed E-state index contributed by atoms with van der Waals surface area (Å²) in [4.78, 5) is 24.8. The second kappa shape index (κ2) is 6.54. The second-order valence-corrected chi connectivity index (χ2v) is 6.98. The van der Waals surface area contributed by atoms with Gasteiger partial charge in [-0.2, -0.15) is 0 Å². The van der Waals surface area contributed by atoms with Crippen molar-refractivity contribution in [2.75, 3.05) is 6.54 Å². The quantitative estimate of drug-likeness (QED) is 0.856. The molecule has 1 heterocycles. The first-order chi connectivity index (χ1) is 11.1. The van der Waals surface area contributed by atoms with Crippen LogP contribution in [0.15, 0.2) is 47.8 Å². The number of carbonyl (C=O) groups excluding carboxylic acids is 2. The van der Waals surface area contributed by atoms with Gasteiger partial charge in [0.2, 0.25) is 5.91 Å². The average molecular weight is 328 g/mol. The molecule has 1 aromatic heterocycles. The predicted molar refractivity (Wildman–Crippen MR) is 91.6 cm³/mol. The summed E-state index contributed by atoms with van der Waals surface area (Å²) >= 11 is 1.37. The smallest absolute Gasteiger partial charge is 0.261 e. The Kier molecular flexibility index (Phi) is 4.48. The van der Waals surface area contributed by atoms with E-state index in [4.69, 9.17) is 0 Å². The lowest BCUT2D eigenvalue weighted by molar-refractivity contribution is -0.122. The molecular formula is C18H20N2O2S. The van der Waals surface area contributed by atoms with Crippen molar-refractivity contribution in [2.45, 2.75) is 31.2 Å². The van der Waals surface area contributed by atoms with Crippen LogP contribution in [0.4, 0.5) is 0 Å². The van der Waals surface area contributed by atoms with Gasteiger partial charge in [0.15, 0.2) is 0 Å². The van der Waals surface area contributed by atoms with Gasteiger partial charge in [0, 0.05) is 12.0 Å². The van der Waals surface area contributed by atoms with E-state index in [9.17, 15) is 9.59 Å². The molecule has 0 spiro atoms. The second-order valence-electron chi connectivity index (χ2n) is 6.04. The minimum atomic E-state index is -0.545. The van der Waals surface area contributed by atoms with Gasteiger partial charge in [0.25, 0.3) is 5.91 Å². The molecule has 0 radical (unpaired) electrons. The summed E-state index contributed by atoms with van der Waals surface area (Å²) in [7, 11) is 0. The molecule has 23 heavy (non-hydrogen) atoms. The van der Waals surface area contributed by atoms with Crippen LogP contribution in [-0.4, -0.2) is 24.4 Å². The molecule has 5 heteroatoms. The summed E-state index contributed by atoms with van der Waals surface area (Å²) in [5, 5.41) is 7.57. The Balaban J connectivity index is 1.52. The van der Waals surface area contributed by atoms with E-state index in [1.54, 1.807) is 13.0 Å². The number of amides is 2. The molecule has 3 rings (SSSR count). The van der Waals surface area contributed by atoms with Gasteiger partial charge in [-0.15, -0.1) is 11.3 Å². The van der Waals surface area contributed by atoms with Crippen LogP contribution in [0.3, 0.4) is 0 Å². The van der Waals surface area contributed by atoms with Gasteiger partial charge in [0.05, 0.1) is 4.88 Å².